The summed E-state index contributed by atoms with van der Waals surface area (Å²) in [6.45, 7) is -0.714. The normalized spacial score (nSPS) is 9.69. The van der Waals surface area contributed by atoms with Crippen molar-refractivity contribution in [2.75, 3.05) is 6.61 Å². The van der Waals surface area contributed by atoms with Crippen LogP contribution in [0.5, 0.6) is 0 Å². The molecule has 0 fully saturated rings. The van der Waals surface area contributed by atoms with Crippen LogP contribution in [0.2, 0.25) is 10.0 Å². The smallest absolute Gasteiger partial charge is 0.271 e. The second-order valence-corrected chi connectivity index (χ2v) is 3.63. The van der Waals surface area contributed by atoms with Gasteiger partial charge in [-0.1, -0.05) is 23.2 Å². The number of aliphatic hydroxyl groups is 1. The first-order valence-corrected chi connectivity index (χ1v) is 4.95. The molecule has 0 saturated carbocycles. The van der Waals surface area contributed by atoms with E-state index in [0.717, 1.165) is 0 Å². The Morgan fingerprint density at radius 2 is 1.94 bits per heavy atom. The highest BCUT2D eigenvalue weighted by Crippen LogP contribution is 2.20. The summed E-state index contributed by atoms with van der Waals surface area (Å²) >= 11 is 11.4. The van der Waals surface area contributed by atoms with E-state index < -0.39 is 18.4 Å². The van der Waals surface area contributed by atoms with Gasteiger partial charge >= 0.3 is 0 Å². The molecule has 7 heteroatoms. The van der Waals surface area contributed by atoms with Crippen molar-refractivity contribution in [3.05, 3.63) is 33.8 Å². The lowest BCUT2D eigenvalue weighted by molar-refractivity contribution is -0.124. The summed E-state index contributed by atoms with van der Waals surface area (Å²) in [7, 11) is 0. The molecule has 16 heavy (non-hydrogen) atoms. The third-order valence-electron chi connectivity index (χ3n) is 1.63. The number of carbonyl (C=O) groups is 2. The van der Waals surface area contributed by atoms with Crippen LogP contribution in [0.25, 0.3) is 0 Å². The number of amides is 2. The van der Waals surface area contributed by atoms with E-state index in [4.69, 9.17) is 28.3 Å². The molecule has 0 radical (unpaired) electrons. The van der Waals surface area contributed by atoms with E-state index in [-0.39, 0.29) is 10.6 Å². The minimum atomic E-state index is -0.724. The molecular weight excluding hydrogens is 255 g/mol. The summed E-state index contributed by atoms with van der Waals surface area (Å²) in [4.78, 5) is 22.1. The summed E-state index contributed by atoms with van der Waals surface area (Å²) < 4.78 is 0. The van der Waals surface area contributed by atoms with Gasteiger partial charge in [0, 0.05) is 5.02 Å². The molecule has 0 unspecified atom stereocenters. The molecule has 0 saturated heterocycles. The first-order valence-electron chi connectivity index (χ1n) is 4.19. The predicted molar refractivity (Wildman–Crippen MR) is 59.2 cm³/mol. The van der Waals surface area contributed by atoms with Crippen LogP contribution >= 0.6 is 23.2 Å². The van der Waals surface area contributed by atoms with Gasteiger partial charge in [0.2, 0.25) is 0 Å². The van der Waals surface area contributed by atoms with E-state index in [0.29, 0.717) is 5.02 Å². The Morgan fingerprint density at radius 3 is 2.50 bits per heavy atom. The number of carbonyl (C=O) groups excluding carboxylic acids is 2. The van der Waals surface area contributed by atoms with E-state index in [1.54, 1.807) is 0 Å². The van der Waals surface area contributed by atoms with Gasteiger partial charge < -0.3 is 5.11 Å². The molecular formula is C9H8Cl2N2O3. The van der Waals surface area contributed by atoms with Crippen molar-refractivity contribution in [2.45, 2.75) is 0 Å². The molecule has 86 valence electrons. The minimum Gasteiger partial charge on any atom is -0.386 e. The maximum atomic E-state index is 11.5. The maximum Gasteiger partial charge on any atom is 0.271 e. The zero-order chi connectivity index (χ0) is 12.1. The molecule has 0 heterocycles. The SMILES string of the molecule is O=C(CO)NNC(=O)c1ccc(Cl)cc1Cl. The van der Waals surface area contributed by atoms with Gasteiger partial charge in [-0.3, -0.25) is 20.4 Å². The fourth-order valence-electron chi connectivity index (χ4n) is 0.907. The van der Waals surface area contributed by atoms with E-state index in [2.05, 4.69) is 5.43 Å². The summed E-state index contributed by atoms with van der Waals surface area (Å²) in [6.07, 6.45) is 0. The first-order chi connectivity index (χ1) is 7.54. The summed E-state index contributed by atoms with van der Waals surface area (Å²) in [6, 6.07) is 4.33. The highest BCUT2D eigenvalue weighted by molar-refractivity contribution is 6.36. The van der Waals surface area contributed by atoms with Crippen LogP contribution in [0.3, 0.4) is 0 Å². The molecule has 0 atom stereocenters. The number of nitrogens with one attached hydrogen (secondary N) is 2. The van der Waals surface area contributed by atoms with Crippen LogP contribution in [0.4, 0.5) is 0 Å². The largest absolute Gasteiger partial charge is 0.386 e. The van der Waals surface area contributed by atoms with Crippen LogP contribution in [-0.4, -0.2) is 23.5 Å². The molecule has 1 rings (SSSR count). The molecule has 0 aliphatic rings. The molecule has 5 nitrogen and oxygen atoms in total. The molecule has 1 aromatic carbocycles. The van der Waals surface area contributed by atoms with Gasteiger partial charge in [0.25, 0.3) is 11.8 Å². The molecule has 1 aromatic rings. The lowest BCUT2D eigenvalue weighted by atomic mass is 10.2. The number of benzene rings is 1. The van der Waals surface area contributed by atoms with Gasteiger partial charge in [-0.15, -0.1) is 0 Å². The van der Waals surface area contributed by atoms with Gasteiger partial charge in [0.15, 0.2) is 0 Å². The van der Waals surface area contributed by atoms with Crippen LogP contribution < -0.4 is 10.9 Å². The van der Waals surface area contributed by atoms with Crippen molar-refractivity contribution < 1.29 is 14.7 Å². The molecule has 0 spiro atoms. The van der Waals surface area contributed by atoms with E-state index >= 15 is 0 Å². The highest BCUT2D eigenvalue weighted by atomic mass is 35.5. The lowest BCUT2D eigenvalue weighted by Crippen LogP contribution is -2.43. The van der Waals surface area contributed by atoms with Crippen molar-refractivity contribution >= 4 is 35.0 Å². The highest BCUT2D eigenvalue weighted by Gasteiger charge is 2.10. The van der Waals surface area contributed by atoms with Crippen LogP contribution in [-0.2, 0) is 4.79 Å². The van der Waals surface area contributed by atoms with Crippen molar-refractivity contribution in [1.82, 2.24) is 10.9 Å². The number of aliphatic hydroxyl groups excluding tert-OH is 1. The topological polar surface area (TPSA) is 78.4 Å². The van der Waals surface area contributed by atoms with Gasteiger partial charge in [0.05, 0.1) is 10.6 Å². The van der Waals surface area contributed by atoms with Crippen molar-refractivity contribution in [3.63, 3.8) is 0 Å². The number of hydrazine groups is 1. The van der Waals surface area contributed by atoms with Crippen molar-refractivity contribution in [3.8, 4) is 0 Å². The molecule has 2 amide bonds. The van der Waals surface area contributed by atoms with Crippen molar-refractivity contribution in [1.29, 1.82) is 0 Å². The summed E-state index contributed by atoms with van der Waals surface area (Å²) in [5.41, 5.74) is 4.25. The molecule has 0 aliphatic carbocycles. The van der Waals surface area contributed by atoms with E-state index in [1.807, 2.05) is 5.43 Å². The third kappa shape index (κ3) is 3.37. The Hall–Kier alpha value is -1.30. The number of hydrogen-bond donors (Lipinski definition) is 3. The number of rotatable bonds is 2. The van der Waals surface area contributed by atoms with E-state index in [1.165, 1.54) is 18.2 Å². The molecule has 0 aromatic heterocycles. The van der Waals surface area contributed by atoms with Crippen LogP contribution in [0.1, 0.15) is 10.4 Å². The first kappa shape index (κ1) is 12.8. The lowest BCUT2D eigenvalue weighted by Gasteiger charge is -2.07. The second kappa shape index (κ2) is 5.69. The Bertz CT molecular complexity index is 423. The third-order valence-corrected chi connectivity index (χ3v) is 2.18. The fourth-order valence-corrected chi connectivity index (χ4v) is 1.40. The number of hydrogen-bond acceptors (Lipinski definition) is 3. The van der Waals surface area contributed by atoms with Gasteiger partial charge in [0.1, 0.15) is 6.61 Å². The average molecular weight is 263 g/mol. The fraction of sp³-hybridized carbons (Fsp3) is 0.111. The molecule has 0 bridgehead atoms. The van der Waals surface area contributed by atoms with Gasteiger partial charge in [-0.2, -0.15) is 0 Å². The maximum absolute atomic E-state index is 11.5. The monoisotopic (exact) mass is 262 g/mol. The van der Waals surface area contributed by atoms with E-state index in [9.17, 15) is 9.59 Å². The predicted octanol–water partition coefficient (Wildman–Crippen LogP) is 0.747. The van der Waals surface area contributed by atoms with Gasteiger partial charge in [-0.05, 0) is 18.2 Å². The average Bonchev–Trinajstić information content (AvgIpc) is 2.25. The Labute approximate surface area is 101 Å². The Morgan fingerprint density at radius 1 is 1.25 bits per heavy atom. The second-order valence-electron chi connectivity index (χ2n) is 2.78. The zero-order valence-electron chi connectivity index (χ0n) is 7.96. The minimum absolute atomic E-state index is 0.170. The summed E-state index contributed by atoms with van der Waals surface area (Å²) in [5, 5.41) is 8.98. The molecule has 0 aliphatic heterocycles. The van der Waals surface area contributed by atoms with Crippen LogP contribution in [0.15, 0.2) is 18.2 Å². The quantitative estimate of drug-likeness (QED) is 0.689. The van der Waals surface area contributed by atoms with Crippen LogP contribution in [0, 0.1) is 0 Å². The number of halogens is 2. The zero-order valence-corrected chi connectivity index (χ0v) is 9.47. The Kier molecular flexibility index (Phi) is 4.54. The Balaban J connectivity index is 2.70. The molecule has 3 N–H and O–H groups in total. The van der Waals surface area contributed by atoms with Gasteiger partial charge in [-0.25, -0.2) is 0 Å². The van der Waals surface area contributed by atoms with Crippen molar-refractivity contribution in [2.24, 2.45) is 0 Å². The summed E-state index contributed by atoms with van der Waals surface area (Å²) in [5.74, 6) is -1.32. The standard InChI is InChI=1S/C9H8Cl2N2O3/c10-5-1-2-6(7(11)3-5)9(16)13-12-8(15)4-14/h1-3,14H,4H2,(H,12,15)(H,13,16).